The van der Waals surface area contributed by atoms with E-state index in [2.05, 4.69) is 18.2 Å². The minimum absolute atomic E-state index is 0.747. The lowest BCUT2D eigenvalue weighted by atomic mass is 9.98. The Morgan fingerprint density at radius 3 is 2.17 bits per heavy atom. The van der Waals surface area contributed by atoms with Gasteiger partial charge in [0.05, 0.1) is 0 Å². The van der Waals surface area contributed by atoms with Crippen molar-refractivity contribution in [3.8, 4) is 11.1 Å². The Balaban J connectivity index is 2.28. The summed E-state index contributed by atoms with van der Waals surface area (Å²) in [6.45, 7) is 0. The average molecular weight is 273 g/mol. The van der Waals surface area contributed by atoms with Crippen LogP contribution in [0, 0.1) is 0 Å². The molecule has 0 nitrogen and oxygen atoms in total. The van der Waals surface area contributed by atoms with Gasteiger partial charge in [-0.1, -0.05) is 59.6 Å². The first-order chi connectivity index (χ1) is 8.74. The van der Waals surface area contributed by atoms with Gasteiger partial charge in [0.15, 0.2) is 0 Å². The first kappa shape index (κ1) is 11.6. The molecule has 0 aliphatic carbocycles. The Morgan fingerprint density at radius 2 is 1.39 bits per heavy atom. The highest BCUT2D eigenvalue weighted by Gasteiger charge is 2.04. The standard InChI is InChI=1S/C16H10Cl2/c17-13-7-4-12(5-8-13)15-3-1-2-11-6-9-14(18)10-16(11)15/h1-10H. The smallest absolute Gasteiger partial charge is 0.0412 e. The number of fused-ring (bicyclic) bond motifs is 1. The van der Waals surface area contributed by atoms with Crippen LogP contribution >= 0.6 is 23.2 Å². The summed E-state index contributed by atoms with van der Waals surface area (Å²) in [5.74, 6) is 0. The van der Waals surface area contributed by atoms with E-state index in [0.29, 0.717) is 0 Å². The number of halogens is 2. The number of rotatable bonds is 1. The summed E-state index contributed by atoms with van der Waals surface area (Å²) in [5, 5.41) is 3.85. The largest absolute Gasteiger partial charge is 0.0843 e. The molecule has 0 amide bonds. The van der Waals surface area contributed by atoms with E-state index in [0.717, 1.165) is 21.0 Å². The zero-order chi connectivity index (χ0) is 12.5. The first-order valence-electron chi connectivity index (χ1n) is 5.68. The molecule has 3 aromatic carbocycles. The van der Waals surface area contributed by atoms with Gasteiger partial charge in [-0.3, -0.25) is 0 Å². The van der Waals surface area contributed by atoms with E-state index in [9.17, 15) is 0 Å². The predicted octanol–water partition coefficient (Wildman–Crippen LogP) is 5.81. The van der Waals surface area contributed by atoms with E-state index in [1.165, 1.54) is 10.9 Å². The normalized spacial score (nSPS) is 10.8. The minimum Gasteiger partial charge on any atom is -0.0843 e. The molecule has 0 bridgehead atoms. The summed E-state index contributed by atoms with van der Waals surface area (Å²) in [6.07, 6.45) is 0. The maximum atomic E-state index is 6.08. The lowest BCUT2D eigenvalue weighted by Crippen LogP contribution is -1.81. The van der Waals surface area contributed by atoms with Crippen molar-refractivity contribution < 1.29 is 0 Å². The van der Waals surface area contributed by atoms with Gasteiger partial charge in [-0.25, -0.2) is 0 Å². The molecule has 0 spiro atoms. The second-order valence-corrected chi connectivity index (χ2v) is 5.05. The SMILES string of the molecule is Clc1ccc(-c2cccc3ccc(Cl)cc23)cc1. The van der Waals surface area contributed by atoms with Crippen molar-refractivity contribution in [1.82, 2.24) is 0 Å². The maximum absolute atomic E-state index is 6.08. The summed E-state index contributed by atoms with van der Waals surface area (Å²) in [5.41, 5.74) is 2.32. The number of hydrogen-bond acceptors (Lipinski definition) is 0. The molecular formula is C16H10Cl2. The van der Waals surface area contributed by atoms with Gasteiger partial charge in [-0.2, -0.15) is 0 Å². The summed E-state index contributed by atoms with van der Waals surface area (Å²) in [4.78, 5) is 0. The molecule has 0 aliphatic rings. The molecule has 0 N–H and O–H groups in total. The van der Waals surface area contributed by atoms with Gasteiger partial charge in [0.25, 0.3) is 0 Å². The van der Waals surface area contributed by atoms with Gasteiger partial charge in [-0.05, 0) is 46.2 Å². The molecule has 3 aromatic rings. The lowest BCUT2D eigenvalue weighted by Gasteiger charge is -2.07. The van der Waals surface area contributed by atoms with Crippen LogP contribution in [0.1, 0.15) is 0 Å². The zero-order valence-electron chi connectivity index (χ0n) is 9.53. The van der Waals surface area contributed by atoms with Crippen molar-refractivity contribution >= 4 is 34.0 Å². The van der Waals surface area contributed by atoms with Crippen molar-refractivity contribution in [1.29, 1.82) is 0 Å². The van der Waals surface area contributed by atoms with Crippen LogP contribution < -0.4 is 0 Å². The van der Waals surface area contributed by atoms with E-state index in [-0.39, 0.29) is 0 Å². The van der Waals surface area contributed by atoms with Crippen molar-refractivity contribution in [3.63, 3.8) is 0 Å². The molecule has 0 fully saturated rings. The first-order valence-corrected chi connectivity index (χ1v) is 6.44. The molecule has 0 radical (unpaired) electrons. The summed E-state index contributed by atoms with van der Waals surface area (Å²) < 4.78 is 0. The molecule has 0 saturated heterocycles. The molecule has 0 heterocycles. The topological polar surface area (TPSA) is 0 Å². The second kappa shape index (κ2) is 4.64. The predicted molar refractivity (Wildman–Crippen MR) is 79.4 cm³/mol. The fourth-order valence-corrected chi connectivity index (χ4v) is 2.42. The molecule has 0 aromatic heterocycles. The zero-order valence-corrected chi connectivity index (χ0v) is 11.0. The molecule has 0 saturated carbocycles. The Labute approximate surface area is 116 Å². The van der Waals surface area contributed by atoms with Crippen molar-refractivity contribution in [3.05, 3.63) is 70.7 Å². The lowest BCUT2D eigenvalue weighted by molar-refractivity contribution is 1.65. The van der Waals surface area contributed by atoms with Gasteiger partial charge in [-0.15, -0.1) is 0 Å². The molecule has 3 rings (SSSR count). The molecule has 18 heavy (non-hydrogen) atoms. The van der Waals surface area contributed by atoms with E-state index >= 15 is 0 Å². The summed E-state index contributed by atoms with van der Waals surface area (Å²) in [6, 6.07) is 20.1. The van der Waals surface area contributed by atoms with E-state index in [4.69, 9.17) is 23.2 Å². The Morgan fingerprint density at radius 1 is 0.667 bits per heavy atom. The van der Waals surface area contributed by atoms with Crippen LogP contribution in [0.3, 0.4) is 0 Å². The number of hydrogen-bond donors (Lipinski definition) is 0. The Hall–Kier alpha value is -1.50. The Bertz CT molecular complexity index is 700. The van der Waals surface area contributed by atoms with Crippen LogP contribution in [0.4, 0.5) is 0 Å². The number of benzene rings is 3. The third-order valence-corrected chi connectivity index (χ3v) is 3.49. The van der Waals surface area contributed by atoms with Crippen molar-refractivity contribution in [2.75, 3.05) is 0 Å². The maximum Gasteiger partial charge on any atom is 0.0412 e. The third kappa shape index (κ3) is 2.10. The molecule has 2 heteroatoms. The van der Waals surface area contributed by atoms with E-state index < -0.39 is 0 Å². The fraction of sp³-hybridized carbons (Fsp3) is 0. The molecule has 88 valence electrons. The minimum atomic E-state index is 0.747. The van der Waals surface area contributed by atoms with E-state index in [1.54, 1.807) is 0 Å². The van der Waals surface area contributed by atoms with Crippen LogP contribution in [0.25, 0.3) is 21.9 Å². The van der Waals surface area contributed by atoms with Gasteiger partial charge in [0.1, 0.15) is 0 Å². The Kier molecular flexibility index (Phi) is 2.99. The van der Waals surface area contributed by atoms with Crippen molar-refractivity contribution in [2.45, 2.75) is 0 Å². The highest BCUT2D eigenvalue weighted by Crippen LogP contribution is 2.31. The van der Waals surface area contributed by atoms with E-state index in [1.807, 2.05) is 42.5 Å². The average Bonchev–Trinajstić information content (AvgIpc) is 2.39. The second-order valence-electron chi connectivity index (χ2n) is 4.18. The van der Waals surface area contributed by atoms with Crippen molar-refractivity contribution in [2.24, 2.45) is 0 Å². The quantitative estimate of drug-likeness (QED) is 0.524. The van der Waals surface area contributed by atoms with Gasteiger partial charge in [0, 0.05) is 10.0 Å². The van der Waals surface area contributed by atoms with Crippen LogP contribution in [0.15, 0.2) is 60.7 Å². The highest BCUT2D eigenvalue weighted by atomic mass is 35.5. The molecule has 0 atom stereocenters. The summed E-state index contributed by atoms with van der Waals surface area (Å²) >= 11 is 12.0. The fourth-order valence-electron chi connectivity index (χ4n) is 2.13. The van der Waals surface area contributed by atoms with Gasteiger partial charge >= 0.3 is 0 Å². The molecule has 0 aliphatic heterocycles. The van der Waals surface area contributed by atoms with Crippen LogP contribution in [-0.2, 0) is 0 Å². The molecular weight excluding hydrogens is 263 g/mol. The monoisotopic (exact) mass is 272 g/mol. The summed E-state index contributed by atoms with van der Waals surface area (Å²) in [7, 11) is 0. The molecule has 0 unspecified atom stereocenters. The van der Waals surface area contributed by atoms with Gasteiger partial charge < -0.3 is 0 Å². The van der Waals surface area contributed by atoms with Crippen LogP contribution in [-0.4, -0.2) is 0 Å². The highest BCUT2D eigenvalue weighted by molar-refractivity contribution is 6.31. The van der Waals surface area contributed by atoms with Crippen LogP contribution in [0.5, 0.6) is 0 Å². The van der Waals surface area contributed by atoms with Gasteiger partial charge in [0.2, 0.25) is 0 Å². The van der Waals surface area contributed by atoms with Crippen LogP contribution in [0.2, 0.25) is 10.0 Å². The third-order valence-electron chi connectivity index (χ3n) is 3.00.